The van der Waals surface area contributed by atoms with E-state index in [1.807, 2.05) is 31.2 Å². The molecular formula is C18H22N2O3. The second-order valence-corrected chi connectivity index (χ2v) is 6.29. The molecule has 5 nitrogen and oxygen atoms in total. The molecule has 1 aromatic carbocycles. The van der Waals surface area contributed by atoms with Crippen molar-refractivity contribution in [1.29, 1.82) is 0 Å². The van der Waals surface area contributed by atoms with Gasteiger partial charge in [0.25, 0.3) is 0 Å². The average molecular weight is 314 g/mol. The van der Waals surface area contributed by atoms with Crippen LogP contribution in [0.1, 0.15) is 49.8 Å². The van der Waals surface area contributed by atoms with Gasteiger partial charge in [0.15, 0.2) is 0 Å². The summed E-state index contributed by atoms with van der Waals surface area (Å²) in [5, 5.41) is 5.50. The van der Waals surface area contributed by atoms with Crippen LogP contribution in [0.2, 0.25) is 0 Å². The summed E-state index contributed by atoms with van der Waals surface area (Å²) in [6, 6.07) is 7.03. The second-order valence-electron chi connectivity index (χ2n) is 6.29. The SMILES string of the molecule is CC1=C(C(=O)OC2CCCC2)C(c2ccc(C)cc2)NC(=O)N1. The third-order valence-corrected chi connectivity index (χ3v) is 4.48. The third-order valence-electron chi connectivity index (χ3n) is 4.48. The molecule has 3 rings (SSSR count). The van der Waals surface area contributed by atoms with Gasteiger partial charge in [-0.15, -0.1) is 0 Å². The Morgan fingerprint density at radius 1 is 1.13 bits per heavy atom. The number of hydrogen-bond acceptors (Lipinski definition) is 3. The topological polar surface area (TPSA) is 67.4 Å². The molecule has 1 saturated carbocycles. The monoisotopic (exact) mass is 314 g/mol. The number of esters is 1. The van der Waals surface area contributed by atoms with Crippen molar-refractivity contribution in [2.45, 2.75) is 51.7 Å². The molecule has 1 aliphatic heterocycles. The number of carbonyl (C=O) groups excluding carboxylic acids is 2. The van der Waals surface area contributed by atoms with E-state index in [0.29, 0.717) is 11.3 Å². The zero-order valence-corrected chi connectivity index (χ0v) is 13.5. The van der Waals surface area contributed by atoms with Crippen molar-refractivity contribution in [3.63, 3.8) is 0 Å². The van der Waals surface area contributed by atoms with Crippen LogP contribution in [0.3, 0.4) is 0 Å². The molecule has 23 heavy (non-hydrogen) atoms. The minimum absolute atomic E-state index is 0.000837. The van der Waals surface area contributed by atoms with Crippen molar-refractivity contribution >= 4 is 12.0 Å². The minimum atomic E-state index is -0.474. The van der Waals surface area contributed by atoms with Gasteiger partial charge in [0, 0.05) is 5.70 Å². The summed E-state index contributed by atoms with van der Waals surface area (Å²) in [7, 11) is 0. The predicted octanol–water partition coefficient (Wildman–Crippen LogP) is 3.11. The highest BCUT2D eigenvalue weighted by Gasteiger charge is 2.33. The molecule has 5 heteroatoms. The highest BCUT2D eigenvalue weighted by molar-refractivity contribution is 5.95. The van der Waals surface area contributed by atoms with E-state index in [1.54, 1.807) is 6.92 Å². The molecule has 0 saturated heterocycles. The van der Waals surface area contributed by atoms with Crippen LogP contribution < -0.4 is 10.6 Å². The molecule has 2 amide bonds. The molecule has 0 radical (unpaired) electrons. The molecule has 1 atom stereocenters. The van der Waals surface area contributed by atoms with Gasteiger partial charge in [0.05, 0.1) is 11.6 Å². The van der Waals surface area contributed by atoms with Crippen molar-refractivity contribution < 1.29 is 14.3 Å². The van der Waals surface area contributed by atoms with E-state index < -0.39 is 6.04 Å². The van der Waals surface area contributed by atoms with Crippen LogP contribution in [-0.4, -0.2) is 18.1 Å². The van der Waals surface area contributed by atoms with Gasteiger partial charge in [-0.05, 0) is 45.1 Å². The first-order valence-electron chi connectivity index (χ1n) is 8.10. The summed E-state index contributed by atoms with van der Waals surface area (Å²) in [6.45, 7) is 3.74. The van der Waals surface area contributed by atoms with Crippen molar-refractivity contribution in [1.82, 2.24) is 10.6 Å². The van der Waals surface area contributed by atoms with Gasteiger partial charge < -0.3 is 15.4 Å². The zero-order chi connectivity index (χ0) is 16.4. The Bertz CT molecular complexity index is 643. The van der Waals surface area contributed by atoms with Gasteiger partial charge in [0.1, 0.15) is 6.10 Å². The number of allylic oxidation sites excluding steroid dienone is 1. The van der Waals surface area contributed by atoms with Crippen LogP contribution in [0.4, 0.5) is 4.79 Å². The van der Waals surface area contributed by atoms with Crippen LogP contribution in [0.5, 0.6) is 0 Å². The van der Waals surface area contributed by atoms with Gasteiger partial charge in [-0.3, -0.25) is 0 Å². The fraction of sp³-hybridized carbons (Fsp3) is 0.444. The van der Waals surface area contributed by atoms with Gasteiger partial charge in [-0.2, -0.15) is 0 Å². The molecule has 2 N–H and O–H groups in total. The van der Waals surface area contributed by atoms with E-state index in [0.717, 1.165) is 36.8 Å². The highest BCUT2D eigenvalue weighted by atomic mass is 16.5. The van der Waals surface area contributed by atoms with E-state index in [1.165, 1.54) is 0 Å². The molecule has 0 aromatic heterocycles. The lowest BCUT2D eigenvalue weighted by Crippen LogP contribution is -2.45. The zero-order valence-electron chi connectivity index (χ0n) is 13.5. The predicted molar refractivity (Wildman–Crippen MR) is 86.6 cm³/mol. The quantitative estimate of drug-likeness (QED) is 0.842. The Kier molecular flexibility index (Phi) is 4.37. The lowest BCUT2D eigenvalue weighted by atomic mass is 9.95. The lowest BCUT2D eigenvalue weighted by Gasteiger charge is -2.29. The van der Waals surface area contributed by atoms with Crippen LogP contribution in [0.25, 0.3) is 0 Å². The van der Waals surface area contributed by atoms with Gasteiger partial charge in [0.2, 0.25) is 0 Å². The maximum atomic E-state index is 12.7. The minimum Gasteiger partial charge on any atom is -0.459 e. The molecular weight excluding hydrogens is 292 g/mol. The van der Waals surface area contributed by atoms with E-state index in [2.05, 4.69) is 10.6 Å². The summed E-state index contributed by atoms with van der Waals surface area (Å²) < 4.78 is 5.64. The maximum Gasteiger partial charge on any atom is 0.338 e. The third kappa shape index (κ3) is 3.38. The van der Waals surface area contributed by atoms with Gasteiger partial charge >= 0.3 is 12.0 Å². The lowest BCUT2D eigenvalue weighted by molar-refractivity contribution is -0.144. The fourth-order valence-electron chi connectivity index (χ4n) is 3.19. The largest absolute Gasteiger partial charge is 0.459 e. The molecule has 2 aliphatic rings. The van der Waals surface area contributed by atoms with E-state index >= 15 is 0 Å². The molecule has 0 bridgehead atoms. The van der Waals surface area contributed by atoms with E-state index in [4.69, 9.17) is 4.74 Å². The molecule has 1 unspecified atom stereocenters. The van der Waals surface area contributed by atoms with E-state index in [9.17, 15) is 9.59 Å². The van der Waals surface area contributed by atoms with Crippen molar-refractivity contribution in [2.24, 2.45) is 0 Å². The van der Waals surface area contributed by atoms with Crippen molar-refractivity contribution in [2.75, 3.05) is 0 Å². The van der Waals surface area contributed by atoms with Gasteiger partial charge in [-0.1, -0.05) is 29.8 Å². The summed E-state index contributed by atoms with van der Waals surface area (Å²) in [5.41, 5.74) is 3.05. The Balaban J connectivity index is 1.88. The number of hydrogen-bond donors (Lipinski definition) is 2. The molecule has 1 fully saturated rings. The first-order valence-corrected chi connectivity index (χ1v) is 8.10. The van der Waals surface area contributed by atoms with Crippen LogP contribution in [0, 0.1) is 6.92 Å². The summed E-state index contributed by atoms with van der Waals surface area (Å²) in [6.07, 6.45) is 4.05. The Morgan fingerprint density at radius 2 is 1.78 bits per heavy atom. The number of benzene rings is 1. The van der Waals surface area contributed by atoms with Crippen LogP contribution in [-0.2, 0) is 9.53 Å². The van der Waals surface area contributed by atoms with Crippen LogP contribution >= 0.6 is 0 Å². The first kappa shape index (κ1) is 15.6. The maximum absolute atomic E-state index is 12.7. The first-order chi connectivity index (χ1) is 11.0. The molecule has 1 aliphatic carbocycles. The molecule has 0 spiro atoms. The highest BCUT2D eigenvalue weighted by Crippen LogP contribution is 2.30. The molecule has 122 valence electrons. The smallest absolute Gasteiger partial charge is 0.338 e. The van der Waals surface area contributed by atoms with Crippen molar-refractivity contribution in [3.8, 4) is 0 Å². The van der Waals surface area contributed by atoms with E-state index in [-0.39, 0.29) is 18.1 Å². The summed E-state index contributed by atoms with van der Waals surface area (Å²) >= 11 is 0. The summed E-state index contributed by atoms with van der Waals surface area (Å²) in [5.74, 6) is -0.340. The van der Waals surface area contributed by atoms with Gasteiger partial charge in [-0.25, -0.2) is 9.59 Å². The number of carbonyl (C=O) groups is 2. The normalized spacial score (nSPS) is 21.8. The Labute approximate surface area is 136 Å². The summed E-state index contributed by atoms with van der Waals surface area (Å²) in [4.78, 5) is 24.5. The standard InChI is InChI=1S/C18H22N2O3/c1-11-7-9-13(10-8-11)16-15(12(2)19-18(22)20-16)17(21)23-14-5-3-4-6-14/h7-10,14,16H,3-6H2,1-2H3,(H2,19,20,22). The average Bonchev–Trinajstić information content (AvgIpc) is 3.00. The second kappa shape index (κ2) is 6.44. The number of amides is 2. The van der Waals surface area contributed by atoms with Crippen LogP contribution in [0.15, 0.2) is 35.5 Å². The Hall–Kier alpha value is -2.30. The molecule has 1 heterocycles. The molecule has 1 aromatic rings. The number of ether oxygens (including phenoxy) is 1. The van der Waals surface area contributed by atoms with Crippen molar-refractivity contribution in [3.05, 3.63) is 46.7 Å². The Morgan fingerprint density at radius 3 is 2.43 bits per heavy atom. The number of nitrogens with one attached hydrogen (secondary N) is 2. The number of rotatable bonds is 3. The fourth-order valence-corrected chi connectivity index (χ4v) is 3.19. The number of urea groups is 1. The number of aryl methyl sites for hydroxylation is 1.